The highest BCUT2D eigenvalue weighted by atomic mass is 16.5. The van der Waals surface area contributed by atoms with Crippen molar-refractivity contribution in [2.75, 3.05) is 5.32 Å². The Balaban J connectivity index is 1.93. The van der Waals surface area contributed by atoms with Crippen molar-refractivity contribution in [2.24, 2.45) is 0 Å². The van der Waals surface area contributed by atoms with Gasteiger partial charge in [0, 0.05) is 11.7 Å². The highest BCUT2D eigenvalue weighted by Crippen LogP contribution is 2.13. The number of amides is 2. The van der Waals surface area contributed by atoms with Gasteiger partial charge in [0.1, 0.15) is 0 Å². The predicted octanol–water partition coefficient (Wildman–Crippen LogP) is 2.60. The Hall–Kier alpha value is -3.09. The summed E-state index contributed by atoms with van der Waals surface area (Å²) in [6.07, 6.45) is 0.512. The van der Waals surface area contributed by atoms with Crippen molar-refractivity contribution in [3.05, 3.63) is 54.0 Å². The van der Waals surface area contributed by atoms with E-state index in [1.54, 1.807) is 24.3 Å². The van der Waals surface area contributed by atoms with E-state index >= 15 is 0 Å². The third kappa shape index (κ3) is 5.20. The summed E-state index contributed by atoms with van der Waals surface area (Å²) < 4.78 is 10.1. The van der Waals surface area contributed by atoms with Crippen LogP contribution in [0.3, 0.4) is 0 Å². The van der Waals surface area contributed by atoms with Crippen LogP contribution < -0.4 is 10.6 Å². The van der Waals surface area contributed by atoms with Crippen molar-refractivity contribution in [3.8, 4) is 0 Å². The van der Waals surface area contributed by atoms with E-state index in [1.165, 1.54) is 25.3 Å². The zero-order chi connectivity index (χ0) is 18.4. The van der Waals surface area contributed by atoms with Crippen LogP contribution in [0.25, 0.3) is 0 Å². The quantitative estimate of drug-likeness (QED) is 0.785. The second-order valence-corrected chi connectivity index (χ2v) is 5.72. The molecule has 7 nitrogen and oxygen atoms in total. The summed E-state index contributed by atoms with van der Waals surface area (Å²) in [5, 5.41) is 5.31. The molecule has 0 aliphatic rings. The van der Waals surface area contributed by atoms with Gasteiger partial charge in [-0.3, -0.25) is 9.59 Å². The standard InChI is InChI=1S/C18H20N2O5/c1-11(2)19-16(21)12(3)25-18(23)13-6-8-14(9-7-13)20-17(22)15-5-4-10-24-15/h4-12H,1-3H3,(H,19,21)(H,20,22)/t12-/m0/s1. The molecule has 2 N–H and O–H groups in total. The van der Waals surface area contributed by atoms with Crippen LogP contribution in [0, 0.1) is 0 Å². The molecule has 25 heavy (non-hydrogen) atoms. The van der Waals surface area contributed by atoms with Crippen LogP contribution in [0.4, 0.5) is 5.69 Å². The lowest BCUT2D eigenvalue weighted by Gasteiger charge is -2.15. The number of benzene rings is 1. The van der Waals surface area contributed by atoms with Crippen LogP contribution in [0.15, 0.2) is 47.1 Å². The Bertz CT molecular complexity index is 735. The van der Waals surface area contributed by atoms with Crippen LogP contribution in [0.5, 0.6) is 0 Å². The van der Waals surface area contributed by atoms with Crippen molar-refractivity contribution >= 4 is 23.5 Å². The molecule has 0 fully saturated rings. The van der Waals surface area contributed by atoms with Gasteiger partial charge in [-0.05, 0) is 57.2 Å². The molecule has 0 spiro atoms. The highest BCUT2D eigenvalue weighted by Gasteiger charge is 2.19. The third-order valence-corrected chi connectivity index (χ3v) is 3.21. The SMILES string of the molecule is CC(C)NC(=O)[C@H](C)OC(=O)c1ccc(NC(=O)c2ccco2)cc1. The number of ether oxygens (including phenoxy) is 1. The summed E-state index contributed by atoms with van der Waals surface area (Å²) in [4.78, 5) is 35.7. The maximum Gasteiger partial charge on any atom is 0.338 e. The lowest BCUT2D eigenvalue weighted by molar-refractivity contribution is -0.129. The monoisotopic (exact) mass is 344 g/mol. The molecule has 1 aromatic carbocycles. The minimum atomic E-state index is -0.895. The topological polar surface area (TPSA) is 97.6 Å². The van der Waals surface area contributed by atoms with E-state index in [2.05, 4.69) is 10.6 Å². The van der Waals surface area contributed by atoms with Gasteiger partial charge in [0.05, 0.1) is 11.8 Å². The van der Waals surface area contributed by atoms with E-state index in [0.29, 0.717) is 5.69 Å². The van der Waals surface area contributed by atoms with Gasteiger partial charge in [0.2, 0.25) is 0 Å². The molecule has 7 heteroatoms. The maximum atomic E-state index is 12.1. The van der Waals surface area contributed by atoms with Crippen molar-refractivity contribution in [1.82, 2.24) is 5.32 Å². The average Bonchev–Trinajstić information content (AvgIpc) is 3.09. The van der Waals surface area contributed by atoms with E-state index in [1.807, 2.05) is 13.8 Å². The van der Waals surface area contributed by atoms with E-state index in [4.69, 9.17) is 9.15 Å². The van der Waals surface area contributed by atoms with Gasteiger partial charge in [-0.1, -0.05) is 0 Å². The van der Waals surface area contributed by atoms with E-state index in [9.17, 15) is 14.4 Å². The molecule has 132 valence electrons. The Morgan fingerprint density at radius 3 is 2.28 bits per heavy atom. The van der Waals surface area contributed by atoms with Gasteiger partial charge >= 0.3 is 5.97 Å². The number of carbonyl (C=O) groups excluding carboxylic acids is 3. The largest absolute Gasteiger partial charge is 0.459 e. The number of furan rings is 1. The van der Waals surface area contributed by atoms with Crippen molar-refractivity contribution in [3.63, 3.8) is 0 Å². The van der Waals surface area contributed by atoms with Gasteiger partial charge in [-0.2, -0.15) is 0 Å². The van der Waals surface area contributed by atoms with E-state index < -0.39 is 12.1 Å². The van der Waals surface area contributed by atoms with Gasteiger partial charge in [0.25, 0.3) is 11.8 Å². The van der Waals surface area contributed by atoms with Crippen LogP contribution in [-0.4, -0.2) is 29.9 Å². The fraction of sp³-hybridized carbons (Fsp3) is 0.278. The smallest absolute Gasteiger partial charge is 0.338 e. The van der Waals surface area contributed by atoms with Gasteiger partial charge < -0.3 is 19.8 Å². The molecule has 2 amide bonds. The van der Waals surface area contributed by atoms with Crippen LogP contribution in [-0.2, 0) is 9.53 Å². The molecular weight excluding hydrogens is 324 g/mol. The highest BCUT2D eigenvalue weighted by molar-refractivity contribution is 6.02. The molecule has 1 heterocycles. The summed E-state index contributed by atoms with van der Waals surface area (Å²) in [5.74, 6) is -1.17. The summed E-state index contributed by atoms with van der Waals surface area (Å²) >= 11 is 0. The van der Waals surface area contributed by atoms with E-state index in [0.717, 1.165) is 0 Å². The molecule has 1 aromatic heterocycles. The first-order chi connectivity index (χ1) is 11.9. The van der Waals surface area contributed by atoms with Crippen molar-refractivity contribution in [1.29, 1.82) is 0 Å². The number of rotatable bonds is 6. The molecule has 0 saturated carbocycles. The van der Waals surface area contributed by atoms with Crippen LogP contribution in [0.1, 0.15) is 41.7 Å². The second kappa shape index (κ2) is 8.14. The normalized spacial score (nSPS) is 11.7. The molecule has 0 radical (unpaired) electrons. The summed E-state index contributed by atoms with van der Waals surface area (Å²) in [6, 6.07) is 9.27. The minimum absolute atomic E-state index is 0.0364. The molecule has 0 bridgehead atoms. The second-order valence-electron chi connectivity index (χ2n) is 5.72. The molecule has 0 aliphatic carbocycles. The first kappa shape index (κ1) is 18.3. The molecule has 0 aliphatic heterocycles. The number of esters is 1. The fourth-order valence-electron chi connectivity index (χ4n) is 1.97. The van der Waals surface area contributed by atoms with Crippen molar-refractivity contribution in [2.45, 2.75) is 32.9 Å². The number of nitrogens with one attached hydrogen (secondary N) is 2. The summed E-state index contributed by atoms with van der Waals surface area (Å²) in [6.45, 7) is 5.15. The van der Waals surface area contributed by atoms with Gasteiger partial charge in [-0.25, -0.2) is 4.79 Å². The zero-order valence-corrected chi connectivity index (χ0v) is 14.2. The number of anilines is 1. The average molecular weight is 344 g/mol. The lowest BCUT2D eigenvalue weighted by atomic mass is 10.2. The Labute approximate surface area is 145 Å². The Morgan fingerprint density at radius 2 is 1.72 bits per heavy atom. The molecule has 2 aromatic rings. The molecule has 2 rings (SSSR count). The van der Waals surface area contributed by atoms with E-state index in [-0.39, 0.29) is 29.2 Å². The number of hydrogen-bond acceptors (Lipinski definition) is 5. The van der Waals surface area contributed by atoms with Gasteiger partial charge in [0.15, 0.2) is 11.9 Å². The Morgan fingerprint density at radius 1 is 1.04 bits per heavy atom. The maximum absolute atomic E-state index is 12.1. The number of carbonyl (C=O) groups is 3. The van der Waals surface area contributed by atoms with Gasteiger partial charge in [-0.15, -0.1) is 0 Å². The number of hydrogen-bond donors (Lipinski definition) is 2. The fourth-order valence-corrected chi connectivity index (χ4v) is 1.97. The third-order valence-electron chi connectivity index (χ3n) is 3.21. The first-order valence-corrected chi connectivity index (χ1v) is 7.83. The minimum Gasteiger partial charge on any atom is -0.459 e. The van der Waals surface area contributed by atoms with Crippen LogP contribution in [0.2, 0.25) is 0 Å². The zero-order valence-electron chi connectivity index (χ0n) is 14.2. The summed E-state index contributed by atoms with van der Waals surface area (Å²) in [7, 11) is 0. The first-order valence-electron chi connectivity index (χ1n) is 7.83. The lowest BCUT2D eigenvalue weighted by Crippen LogP contribution is -2.39. The van der Waals surface area contributed by atoms with Crippen LogP contribution >= 0.6 is 0 Å². The Kier molecular flexibility index (Phi) is 5.94. The predicted molar refractivity (Wildman–Crippen MR) is 91.3 cm³/mol. The molecule has 0 saturated heterocycles. The molecular formula is C18H20N2O5. The molecule has 0 unspecified atom stereocenters. The molecule has 1 atom stereocenters. The van der Waals surface area contributed by atoms with Crippen molar-refractivity contribution < 1.29 is 23.5 Å². The summed E-state index contributed by atoms with van der Waals surface area (Å²) in [5.41, 5.74) is 0.781.